The minimum Gasteiger partial charge on any atom is -0.481 e. The van der Waals surface area contributed by atoms with E-state index in [4.69, 9.17) is 10.2 Å². The number of nitrogens with one attached hydrogen (secondary N) is 2. The van der Waals surface area contributed by atoms with Crippen LogP contribution in [0.3, 0.4) is 0 Å². The summed E-state index contributed by atoms with van der Waals surface area (Å²) in [6, 6.07) is -1.88. The highest BCUT2D eigenvalue weighted by molar-refractivity contribution is 5.83. The van der Waals surface area contributed by atoms with E-state index in [0.29, 0.717) is 0 Å². The van der Waals surface area contributed by atoms with Gasteiger partial charge in [-0.2, -0.15) is 0 Å². The number of amides is 2. The van der Waals surface area contributed by atoms with Crippen LogP contribution in [0.15, 0.2) is 12.7 Å². The summed E-state index contributed by atoms with van der Waals surface area (Å²) < 4.78 is 0. The van der Waals surface area contributed by atoms with Gasteiger partial charge in [0, 0.05) is 13.0 Å². The Morgan fingerprint density at radius 2 is 1.94 bits per heavy atom. The van der Waals surface area contributed by atoms with Gasteiger partial charge >= 0.3 is 18.0 Å². The average Bonchev–Trinajstić information content (AvgIpc) is 2.20. The molecule has 2 amide bonds. The molecule has 0 aromatic rings. The summed E-state index contributed by atoms with van der Waals surface area (Å²) in [6.45, 7) is 3.58. The maximum Gasteiger partial charge on any atom is 0.326 e. The molecule has 1 atom stereocenters. The molecule has 1 unspecified atom stereocenters. The van der Waals surface area contributed by atoms with E-state index < -0.39 is 24.0 Å². The lowest BCUT2D eigenvalue weighted by molar-refractivity contribution is -0.140. The summed E-state index contributed by atoms with van der Waals surface area (Å²) in [5, 5.41) is 21.6. The monoisotopic (exact) mass is 230 g/mol. The number of rotatable bonds is 7. The number of urea groups is 1. The fourth-order valence-electron chi connectivity index (χ4n) is 0.899. The van der Waals surface area contributed by atoms with Crippen molar-refractivity contribution in [2.24, 2.45) is 0 Å². The van der Waals surface area contributed by atoms with E-state index in [1.54, 1.807) is 0 Å². The second-order valence-corrected chi connectivity index (χ2v) is 2.97. The third-order valence-electron chi connectivity index (χ3n) is 1.66. The topological polar surface area (TPSA) is 116 Å². The van der Waals surface area contributed by atoms with E-state index in [9.17, 15) is 14.4 Å². The number of carboxylic acids is 2. The summed E-state index contributed by atoms with van der Waals surface area (Å²) in [4.78, 5) is 32.0. The highest BCUT2D eigenvalue weighted by atomic mass is 16.4. The van der Waals surface area contributed by atoms with Crippen LogP contribution in [0.4, 0.5) is 4.79 Å². The molecular weight excluding hydrogens is 216 g/mol. The number of carbonyl (C=O) groups excluding carboxylic acids is 1. The van der Waals surface area contributed by atoms with Gasteiger partial charge in [-0.25, -0.2) is 9.59 Å². The number of carbonyl (C=O) groups is 3. The maximum absolute atomic E-state index is 11.1. The normalized spacial score (nSPS) is 11.2. The second kappa shape index (κ2) is 7.27. The molecule has 0 spiro atoms. The Labute approximate surface area is 92.1 Å². The zero-order valence-corrected chi connectivity index (χ0v) is 8.60. The van der Waals surface area contributed by atoms with Crippen molar-refractivity contribution < 1.29 is 24.6 Å². The summed E-state index contributed by atoms with van der Waals surface area (Å²) >= 11 is 0. The minimum absolute atomic E-state index is 0.161. The molecule has 0 aliphatic rings. The van der Waals surface area contributed by atoms with Crippen LogP contribution >= 0.6 is 0 Å². The summed E-state index contributed by atoms with van der Waals surface area (Å²) in [7, 11) is 0. The van der Waals surface area contributed by atoms with Gasteiger partial charge in [0.2, 0.25) is 0 Å². The molecule has 0 aliphatic carbocycles. The standard InChI is InChI=1S/C9H14N2O5/c1-2-5-10-9(16)11-6(8(14)15)3-4-7(12)13/h2,6H,1,3-5H2,(H,12,13)(H,14,15)(H2,10,11,16). The molecule has 4 N–H and O–H groups in total. The average molecular weight is 230 g/mol. The molecule has 90 valence electrons. The molecule has 0 fully saturated rings. The van der Waals surface area contributed by atoms with Gasteiger partial charge in [-0.15, -0.1) is 6.58 Å². The quantitative estimate of drug-likeness (QED) is 0.451. The number of hydrogen-bond acceptors (Lipinski definition) is 3. The smallest absolute Gasteiger partial charge is 0.326 e. The molecule has 0 bridgehead atoms. The van der Waals surface area contributed by atoms with E-state index in [1.807, 2.05) is 0 Å². The predicted octanol–water partition coefficient (Wildman–Crippen LogP) is -0.210. The molecule has 0 saturated heterocycles. The number of hydrogen-bond donors (Lipinski definition) is 4. The van der Waals surface area contributed by atoms with Crippen LogP contribution in [-0.4, -0.2) is 40.8 Å². The Kier molecular flexibility index (Phi) is 6.34. The Balaban J connectivity index is 4.11. The zero-order chi connectivity index (χ0) is 12.6. The number of aliphatic carboxylic acids is 2. The first kappa shape index (κ1) is 13.9. The van der Waals surface area contributed by atoms with Crippen molar-refractivity contribution >= 4 is 18.0 Å². The molecule has 16 heavy (non-hydrogen) atoms. The lowest BCUT2D eigenvalue weighted by Gasteiger charge is -2.13. The molecule has 0 radical (unpaired) electrons. The van der Waals surface area contributed by atoms with Crippen LogP contribution in [0.2, 0.25) is 0 Å². The second-order valence-electron chi connectivity index (χ2n) is 2.97. The van der Waals surface area contributed by atoms with E-state index in [-0.39, 0.29) is 19.4 Å². The van der Waals surface area contributed by atoms with Gasteiger partial charge in [0.05, 0.1) is 0 Å². The van der Waals surface area contributed by atoms with Crippen molar-refractivity contribution in [1.29, 1.82) is 0 Å². The molecule has 0 aliphatic heterocycles. The van der Waals surface area contributed by atoms with Gasteiger partial charge in [0.1, 0.15) is 6.04 Å². The molecule has 7 heteroatoms. The number of carboxylic acid groups (broad SMARTS) is 2. The molecule has 0 rings (SSSR count). The van der Waals surface area contributed by atoms with Gasteiger partial charge in [-0.05, 0) is 6.42 Å². The molecule has 0 heterocycles. The van der Waals surface area contributed by atoms with Crippen molar-refractivity contribution in [2.75, 3.05) is 6.54 Å². The molecule has 0 aromatic carbocycles. The van der Waals surface area contributed by atoms with Crippen LogP contribution in [0.25, 0.3) is 0 Å². The van der Waals surface area contributed by atoms with E-state index in [1.165, 1.54) is 6.08 Å². The van der Waals surface area contributed by atoms with Gasteiger partial charge in [-0.1, -0.05) is 6.08 Å². The van der Waals surface area contributed by atoms with Gasteiger partial charge in [0.25, 0.3) is 0 Å². The van der Waals surface area contributed by atoms with E-state index in [2.05, 4.69) is 17.2 Å². The Morgan fingerprint density at radius 1 is 1.31 bits per heavy atom. The predicted molar refractivity (Wildman–Crippen MR) is 55.0 cm³/mol. The lowest BCUT2D eigenvalue weighted by Crippen LogP contribution is -2.46. The van der Waals surface area contributed by atoms with Crippen LogP contribution in [0.1, 0.15) is 12.8 Å². The Hall–Kier alpha value is -2.05. The largest absolute Gasteiger partial charge is 0.481 e. The van der Waals surface area contributed by atoms with Crippen LogP contribution in [0.5, 0.6) is 0 Å². The summed E-state index contributed by atoms with van der Waals surface area (Å²) in [5.41, 5.74) is 0. The van der Waals surface area contributed by atoms with Crippen molar-refractivity contribution in [3.05, 3.63) is 12.7 Å². The van der Waals surface area contributed by atoms with Gasteiger partial charge < -0.3 is 20.8 Å². The minimum atomic E-state index is -1.27. The highest BCUT2D eigenvalue weighted by Crippen LogP contribution is 1.97. The van der Waals surface area contributed by atoms with Gasteiger partial charge in [0.15, 0.2) is 0 Å². The molecular formula is C9H14N2O5. The van der Waals surface area contributed by atoms with Crippen molar-refractivity contribution in [2.45, 2.75) is 18.9 Å². The van der Waals surface area contributed by atoms with Crippen molar-refractivity contribution in [3.8, 4) is 0 Å². The van der Waals surface area contributed by atoms with Crippen molar-refractivity contribution in [3.63, 3.8) is 0 Å². The van der Waals surface area contributed by atoms with Crippen LogP contribution < -0.4 is 10.6 Å². The summed E-state index contributed by atoms with van der Waals surface area (Å²) in [6.07, 6.45) is 0.956. The first-order valence-corrected chi connectivity index (χ1v) is 4.57. The molecule has 0 saturated carbocycles. The maximum atomic E-state index is 11.1. The third kappa shape index (κ3) is 6.41. The molecule has 0 aromatic heterocycles. The Bertz CT molecular complexity index is 290. The van der Waals surface area contributed by atoms with E-state index >= 15 is 0 Å². The van der Waals surface area contributed by atoms with Crippen LogP contribution in [-0.2, 0) is 9.59 Å². The van der Waals surface area contributed by atoms with Crippen molar-refractivity contribution in [1.82, 2.24) is 10.6 Å². The SMILES string of the molecule is C=CCNC(=O)NC(CCC(=O)O)C(=O)O. The third-order valence-corrected chi connectivity index (χ3v) is 1.66. The van der Waals surface area contributed by atoms with E-state index in [0.717, 1.165) is 0 Å². The zero-order valence-electron chi connectivity index (χ0n) is 8.60. The lowest BCUT2D eigenvalue weighted by atomic mass is 10.1. The first-order valence-electron chi connectivity index (χ1n) is 4.57. The first-order chi connectivity index (χ1) is 7.47. The Morgan fingerprint density at radius 3 is 2.38 bits per heavy atom. The van der Waals surface area contributed by atoms with Crippen LogP contribution in [0, 0.1) is 0 Å². The fraction of sp³-hybridized carbons (Fsp3) is 0.444. The fourth-order valence-corrected chi connectivity index (χ4v) is 0.899. The molecule has 7 nitrogen and oxygen atoms in total. The summed E-state index contributed by atoms with van der Waals surface area (Å²) in [5.74, 6) is -2.38. The van der Waals surface area contributed by atoms with Gasteiger partial charge in [-0.3, -0.25) is 4.79 Å². The highest BCUT2D eigenvalue weighted by Gasteiger charge is 2.20.